The first-order valence-corrected chi connectivity index (χ1v) is 9.13. The first kappa shape index (κ1) is 21.1. The van der Waals surface area contributed by atoms with Crippen LogP contribution in [0.25, 0.3) is 6.08 Å². The number of benzene rings is 2. The van der Waals surface area contributed by atoms with Gasteiger partial charge in [-0.2, -0.15) is 5.26 Å². The van der Waals surface area contributed by atoms with Crippen LogP contribution in [0.1, 0.15) is 16.7 Å². The summed E-state index contributed by atoms with van der Waals surface area (Å²) < 4.78 is 11.4. The molecule has 2 aromatic rings. The molecule has 0 unspecified atom stereocenters. The van der Waals surface area contributed by atoms with Gasteiger partial charge in [0.1, 0.15) is 18.2 Å². The number of carbonyl (C=O) groups is 1. The molecule has 28 heavy (non-hydrogen) atoms. The third kappa shape index (κ3) is 5.16. The van der Waals surface area contributed by atoms with E-state index in [0.717, 1.165) is 11.1 Å². The highest BCUT2D eigenvalue weighted by molar-refractivity contribution is 9.10. The molecular formula is C22H19BrN2O3. The van der Waals surface area contributed by atoms with Crippen LogP contribution in [0.15, 0.2) is 40.4 Å². The molecule has 0 fully saturated rings. The summed E-state index contributed by atoms with van der Waals surface area (Å²) in [4.78, 5) is 12.6. The summed E-state index contributed by atoms with van der Waals surface area (Å²) >= 11 is 3.40. The lowest BCUT2D eigenvalue weighted by Crippen LogP contribution is -2.14. The summed E-state index contributed by atoms with van der Waals surface area (Å²) in [5.74, 6) is 2.79. The van der Waals surface area contributed by atoms with Crippen LogP contribution in [0.5, 0.6) is 11.5 Å². The van der Waals surface area contributed by atoms with Crippen molar-refractivity contribution in [3.8, 4) is 29.9 Å². The predicted octanol–water partition coefficient (Wildman–Crippen LogP) is 4.63. The number of halogens is 1. The Labute approximate surface area is 173 Å². The topological polar surface area (TPSA) is 71.3 Å². The zero-order valence-corrected chi connectivity index (χ0v) is 17.4. The number of nitrogens with one attached hydrogen (secondary N) is 1. The van der Waals surface area contributed by atoms with Crippen LogP contribution >= 0.6 is 15.9 Å². The van der Waals surface area contributed by atoms with E-state index in [9.17, 15) is 10.1 Å². The van der Waals surface area contributed by atoms with Crippen LogP contribution in [-0.2, 0) is 4.79 Å². The van der Waals surface area contributed by atoms with Crippen molar-refractivity contribution in [2.75, 3.05) is 19.0 Å². The van der Waals surface area contributed by atoms with Crippen molar-refractivity contribution in [1.29, 1.82) is 5.26 Å². The Bertz CT molecular complexity index is 1010. The van der Waals surface area contributed by atoms with Crippen molar-refractivity contribution in [2.24, 2.45) is 0 Å². The van der Waals surface area contributed by atoms with E-state index in [1.54, 1.807) is 12.1 Å². The van der Waals surface area contributed by atoms with E-state index in [1.165, 1.54) is 13.2 Å². The lowest BCUT2D eigenvalue weighted by Gasteiger charge is -2.12. The molecule has 2 aromatic carbocycles. The van der Waals surface area contributed by atoms with Gasteiger partial charge in [-0.1, -0.05) is 18.1 Å². The molecule has 0 bridgehead atoms. The second-order valence-electron chi connectivity index (χ2n) is 5.97. The maximum atomic E-state index is 12.6. The summed E-state index contributed by atoms with van der Waals surface area (Å²) in [6.07, 6.45) is 6.71. The van der Waals surface area contributed by atoms with E-state index in [1.807, 2.05) is 38.1 Å². The van der Waals surface area contributed by atoms with Gasteiger partial charge in [0.25, 0.3) is 5.91 Å². The third-order valence-electron chi connectivity index (χ3n) is 3.87. The predicted molar refractivity (Wildman–Crippen MR) is 113 cm³/mol. The SMILES string of the molecule is C#CCOc1c(Br)cc(/C=C(\C#N)C(=O)Nc2cc(C)ccc2C)cc1OC. The van der Waals surface area contributed by atoms with Crippen LogP contribution in [0.2, 0.25) is 0 Å². The van der Waals surface area contributed by atoms with Crippen LogP contribution < -0.4 is 14.8 Å². The smallest absolute Gasteiger partial charge is 0.266 e. The number of ether oxygens (including phenoxy) is 2. The molecule has 0 saturated heterocycles. The van der Waals surface area contributed by atoms with Crippen LogP contribution in [-0.4, -0.2) is 19.6 Å². The average Bonchev–Trinajstić information content (AvgIpc) is 2.67. The lowest BCUT2D eigenvalue weighted by atomic mass is 10.1. The molecule has 5 nitrogen and oxygen atoms in total. The van der Waals surface area contributed by atoms with E-state index >= 15 is 0 Å². The van der Waals surface area contributed by atoms with E-state index in [-0.39, 0.29) is 12.2 Å². The number of hydrogen-bond acceptors (Lipinski definition) is 4. The van der Waals surface area contributed by atoms with Gasteiger partial charge in [0.05, 0.1) is 11.6 Å². The minimum Gasteiger partial charge on any atom is -0.493 e. The zero-order chi connectivity index (χ0) is 20.7. The average molecular weight is 439 g/mol. The van der Waals surface area contributed by atoms with Crippen LogP contribution in [0.4, 0.5) is 5.69 Å². The minimum absolute atomic E-state index is 0.0350. The number of anilines is 1. The van der Waals surface area contributed by atoms with Gasteiger partial charge >= 0.3 is 0 Å². The normalized spacial score (nSPS) is 10.6. The van der Waals surface area contributed by atoms with Crippen LogP contribution in [0, 0.1) is 37.5 Å². The van der Waals surface area contributed by atoms with Gasteiger partial charge in [-0.25, -0.2) is 0 Å². The lowest BCUT2D eigenvalue weighted by molar-refractivity contribution is -0.112. The molecule has 0 aliphatic heterocycles. The van der Waals surface area contributed by atoms with E-state index < -0.39 is 5.91 Å². The van der Waals surface area contributed by atoms with Crippen molar-refractivity contribution >= 4 is 33.6 Å². The highest BCUT2D eigenvalue weighted by Crippen LogP contribution is 2.37. The molecule has 0 aliphatic carbocycles. The van der Waals surface area contributed by atoms with E-state index in [4.69, 9.17) is 15.9 Å². The standard InChI is InChI=1S/C22H19BrN2O3/c1-5-8-28-21-18(23)11-16(12-20(21)27-4)10-17(13-24)22(26)25-19-9-14(2)6-7-15(19)3/h1,6-7,9-12H,8H2,2-4H3,(H,25,26)/b17-10+. The van der Waals surface area contributed by atoms with Crippen molar-refractivity contribution in [3.63, 3.8) is 0 Å². The van der Waals surface area contributed by atoms with Crippen molar-refractivity contribution in [2.45, 2.75) is 13.8 Å². The first-order valence-electron chi connectivity index (χ1n) is 8.33. The summed E-state index contributed by atoms with van der Waals surface area (Å²) in [5.41, 5.74) is 3.16. The summed E-state index contributed by atoms with van der Waals surface area (Å²) in [5, 5.41) is 12.2. The highest BCUT2D eigenvalue weighted by Gasteiger charge is 2.14. The fourth-order valence-electron chi connectivity index (χ4n) is 2.45. The molecule has 2 rings (SSSR count). The number of hydrogen-bond donors (Lipinski definition) is 1. The Kier molecular flexibility index (Phi) is 7.26. The van der Waals surface area contributed by atoms with Crippen molar-refractivity contribution in [3.05, 3.63) is 57.1 Å². The second-order valence-corrected chi connectivity index (χ2v) is 6.82. The number of aryl methyl sites for hydroxylation is 2. The number of nitriles is 1. The monoisotopic (exact) mass is 438 g/mol. The molecule has 0 spiro atoms. The molecule has 0 aliphatic rings. The third-order valence-corrected chi connectivity index (χ3v) is 4.46. The Morgan fingerprint density at radius 2 is 2.07 bits per heavy atom. The van der Waals surface area contributed by atoms with Crippen molar-refractivity contribution < 1.29 is 14.3 Å². The van der Waals surface area contributed by atoms with E-state index in [0.29, 0.717) is 27.2 Å². The van der Waals surface area contributed by atoms with Crippen molar-refractivity contribution in [1.82, 2.24) is 0 Å². The summed E-state index contributed by atoms with van der Waals surface area (Å²) in [6.45, 7) is 3.91. The summed E-state index contributed by atoms with van der Waals surface area (Å²) in [6, 6.07) is 11.1. The highest BCUT2D eigenvalue weighted by atomic mass is 79.9. The maximum absolute atomic E-state index is 12.6. The number of rotatable bonds is 6. The van der Waals surface area contributed by atoms with Crippen LogP contribution in [0.3, 0.4) is 0 Å². The maximum Gasteiger partial charge on any atom is 0.266 e. The second kappa shape index (κ2) is 9.64. The quantitative estimate of drug-likeness (QED) is 0.405. The Morgan fingerprint density at radius 1 is 1.32 bits per heavy atom. The fraction of sp³-hybridized carbons (Fsp3) is 0.182. The van der Waals surface area contributed by atoms with Gasteiger partial charge in [0.15, 0.2) is 11.5 Å². The molecule has 0 atom stereocenters. The molecule has 1 amide bonds. The Morgan fingerprint density at radius 3 is 2.71 bits per heavy atom. The molecule has 1 N–H and O–H groups in total. The number of methoxy groups -OCH3 is 1. The van der Waals surface area contributed by atoms with E-state index in [2.05, 4.69) is 27.2 Å². The molecular weight excluding hydrogens is 420 g/mol. The Hall–Kier alpha value is -3.22. The molecule has 0 saturated carbocycles. The van der Waals surface area contributed by atoms with Gasteiger partial charge in [-0.05, 0) is 70.7 Å². The molecule has 0 aromatic heterocycles. The zero-order valence-electron chi connectivity index (χ0n) is 15.8. The number of nitrogens with zero attached hydrogens (tertiary/aromatic N) is 1. The molecule has 142 valence electrons. The number of terminal acetylenes is 1. The number of carbonyl (C=O) groups excluding carboxylic acids is 1. The first-order chi connectivity index (χ1) is 13.4. The Balaban J connectivity index is 2.34. The molecule has 0 radical (unpaired) electrons. The largest absolute Gasteiger partial charge is 0.493 e. The van der Waals surface area contributed by atoms with Gasteiger partial charge in [0, 0.05) is 5.69 Å². The van der Waals surface area contributed by atoms with Gasteiger partial charge in [-0.3, -0.25) is 4.79 Å². The molecule has 0 heterocycles. The molecule has 6 heteroatoms. The van der Waals surface area contributed by atoms with Gasteiger partial charge in [-0.15, -0.1) is 6.42 Å². The summed E-state index contributed by atoms with van der Waals surface area (Å²) in [7, 11) is 1.50. The number of amides is 1. The van der Waals surface area contributed by atoms with Gasteiger partial charge in [0.2, 0.25) is 0 Å². The fourth-order valence-corrected chi connectivity index (χ4v) is 3.03. The van der Waals surface area contributed by atoms with Gasteiger partial charge < -0.3 is 14.8 Å². The minimum atomic E-state index is -0.487.